The van der Waals surface area contributed by atoms with Gasteiger partial charge in [0, 0.05) is 26.9 Å². The Kier molecular flexibility index (Phi) is 6.56. The van der Waals surface area contributed by atoms with Crippen LogP contribution in [0.1, 0.15) is 40.6 Å². The molecule has 184 valence electrons. The summed E-state index contributed by atoms with van der Waals surface area (Å²) in [5, 5.41) is 16.2. The molecule has 0 aliphatic rings. The fourth-order valence-electron chi connectivity index (χ4n) is 4.01. The van der Waals surface area contributed by atoms with E-state index in [2.05, 4.69) is 35.2 Å². The van der Waals surface area contributed by atoms with Crippen LogP contribution >= 0.6 is 34.3 Å². The largest absolute Gasteiger partial charge is 0.397 e. The number of benzene rings is 2. The van der Waals surface area contributed by atoms with E-state index in [0.29, 0.717) is 31.9 Å². The van der Waals surface area contributed by atoms with Gasteiger partial charge in [0.15, 0.2) is 5.13 Å². The van der Waals surface area contributed by atoms with Crippen LogP contribution < -0.4 is 16.8 Å². The molecule has 1 amide bonds. The van der Waals surface area contributed by atoms with E-state index in [0.717, 1.165) is 28.2 Å². The summed E-state index contributed by atoms with van der Waals surface area (Å²) < 4.78 is 0. The van der Waals surface area contributed by atoms with Crippen LogP contribution in [0.2, 0.25) is 5.02 Å². The summed E-state index contributed by atoms with van der Waals surface area (Å²) in [6.45, 7) is 4.22. The molecule has 0 aliphatic heterocycles. The van der Waals surface area contributed by atoms with E-state index in [1.165, 1.54) is 16.9 Å². The van der Waals surface area contributed by atoms with Crippen molar-refractivity contribution in [2.75, 3.05) is 16.8 Å². The lowest BCUT2D eigenvalue weighted by atomic mass is 9.94. The number of carbonyl (C=O) groups excluding carboxylic acids is 1. The molecule has 2 aromatic carbocycles. The SMILES string of the molecule is CC(C)c1ccc(-c2c(C#N)c(N)nc3sc(C(=O)Nc4nc(-c5ccc(Cl)cc5)cs4)c(N)c23)cc1. The molecule has 7 nitrogen and oxygen atoms in total. The molecule has 0 saturated heterocycles. The van der Waals surface area contributed by atoms with E-state index in [9.17, 15) is 10.1 Å². The number of nitrogens with one attached hydrogen (secondary N) is 1. The number of thiazole rings is 1. The molecule has 0 aliphatic carbocycles. The van der Waals surface area contributed by atoms with E-state index in [4.69, 9.17) is 23.1 Å². The Balaban J connectivity index is 1.54. The van der Waals surface area contributed by atoms with Gasteiger partial charge in [0.2, 0.25) is 0 Å². The number of anilines is 3. The molecular formula is C27H21ClN6OS2. The number of thiophene rings is 1. The van der Waals surface area contributed by atoms with Crippen molar-refractivity contribution in [3.8, 4) is 28.5 Å². The highest BCUT2D eigenvalue weighted by Gasteiger charge is 2.25. The fourth-order valence-corrected chi connectivity index (χ4v) is 5.86. The highest BCUT2D eigenvalue weighted by atomic mass is 35.5. The zero-order chi connectivity index (χ0) is 26.3. The van der Waals surface area contributed by atoms with Gasteiger partial charge in [-0.2, -0.15) is 5.26 Å². The van der Waals surface area contributed by atoms with Crippen LogP contribution in [-0.2, 0) is 0 Å². The zero-order valence-electron chi connectivity index (χ0n) is 19.9. The van der Waals surface area contributed by atoms with Gasteiger partial charge in [0.25, 0.3) is 5.91 Å². The average Bonchev–Trinajstić information content (AvgIpc) is 3.48. The number of nitrogens with two attached hydrogens (primary N) is 2. The molecule has 5 rings (SSSR count). The van der Waals surface area contributed by atoms with E-state index in [-0.39, 0.29) is 21.9 Å². The third kappa shape index (κ3) is 4.62. The molecule has 0 radical (unpaired) electrons. The minimum absolute atomic E-state index is 0.0960. The highest BCUT2D eigenvalue weighted by molar-refractivity contribution is 7.21. The first-order valence-corrected chi connectivity index (χ1v) is 13.4. The Morgan fingerprint density at radius 2 is 1.73 bits per heavy atom. The van der Waals surface area contributed by atoms with E-state index in [1.54, 1.807) is 12.1 Å². The minimum Gasteiger partial charge on any atom is -0.397 e. The van der Waals surface area contributed by atoms with Crippen molar-refractivity contribution >= 4 is 67.0 Å². The Hall–Kier alpha value is -3.97. The maximum atomic E-state index is 13.2. The van der Waals surface area contributed by atoms with Crippen LogP contribution in [0.3, 0.4) is 0 Å². The molecule has 0 atom stereocenters. The lowest BCUT2D eigenvalue weighted by Crippen LogP contribution is -2.11. The highest BCUT2D eigenvalue weighted by Crippen LogP contribution is 2.43. The van der Waals surface area contributed by atoms with Crippen LogP contribution in [0.4, 0.5) is 16.6 Å². The minimum atomic E-state index is -0.407. The van der Waals surface area contributed by atoms with Gasteiger partial charge < -0.3 is 11.5 Å². The number of hydrogen-bond donors (Lipinski definition) is 3. The van der Waals surface area contributed by atoms with Crippen LogP contribution in [0.25, 0.3) is 32.6 Å². The lowest BCUT2D eigenvalue weighted by molar-refractivity contribution is 0.103. The number of fused-ring (bicyclic) bond motifs is 1. The maximum Gasteiger partial charge on any atom is 0.269 e. The summed E-state index contributed by atoms with van der Waals surface area (Å²) in [5.74, 6) is 0.0500. The van der Waals surface area contributed by atoms with Gasteiger partial charge in [-0.25, -0.2) is 9.97 Å². The molecule has 5 aromatic rings. The molecule has 0 unspecified atom stereocenters. The van der Waals surface area contributed by atoms with Crippen molar-refractivity contribution in [1.29, 1.82) is 5.26 Å². The summed E-state index contributed by atoms with van der Waals surface area (Å²) in [6, 6.07) is 17.4. The number of carbonyl (C=O) groups is 1. The number of rotatable bonds is 5. The van der Waals surface area contributed by atoms with Crippen molar-refractivity contribution < 1.29 is 4.79 Å². The first-order valence-electron chi connectivity index (χ1n) is 11.3. The van der Waals surface area contributed by atoms with E-state index >= 15 is 0 Å². The molecule has 0 fully saturated rings. The molecule has 5 N–H and O–H groups in total. The third-order valence-electron chi connectivity index (χ3n) is 5.95. The average molecular weight is 545 g/mol. The van der Waals surface area contributed by atoms with Crippen molar-refractivity contribution in [3.05, 3.63) is 74.9 Å². The fraction of sp³-hybridized carbons (Fsp3) is 0.111. The lowest BCUT2D eigenvalue weighted by Gasteiger charge is -2.11. The normalized spacial score (nSPS) is 11.1. The Morgan fingerprint density at radius 3 is 2.38 bits per heavy atom. The van der Waals surface area contributed by atoms with Crippen LogP contribution in [0, 0.1) is 11.3 Å². The predicted octanol–water partition coefficient (Wildman–Crippen LogP) is 7.15. The number of nitrogen functional groups attached to an aromatic ring is 2. The second-order valence-electron chi connectivity index (χ2n) is 8.66. The molecule has 3 aromatic heterocycles. The van der Waals surface area contributed by atoms with Crippen LogP contribution in [0.5, 0.6) is 0 Å². The zero-order valence-corrected chi connectivity index (χ0v) is 22.3. The van der Waals surface area contributed by atoms with Crippen molar-refractivity contribution in [2.24, 2.45) is 0 Å². The number of halogens is 1. The molecule has 0 saturated carbocycles. The number of aromatic nitrogens is 2. The number of hydrogen-bond acceptors (Lipinski definition) is 8. The third-order valence-corrected chi connectivity index (χ3v) is 8.06. The van der Waals surface area contributed by atoms with Crippen LogP contribution in [-0.4, -0.2) is 15.9 Å². The van der Waals surface area contributed by atoms with Crippen molar-refractivity contribution in [3.63, 3.8) is 0 Å². The number of amides is 1. The molecule has 37 heavy (non-hydrogen) atoms. The summed E-state index contributed by atoms with van der Waals surface area (Å²) in [5.41, 5.74) is 17.3. The van der Waals surface area contributed by atoms with Gasteiger partial charge in [0.1, 0.15) is 27.2 Å². The Morgan fingerprint density at radius 1 is 1.05 bits per heavy atom. The van der Waals surface area contributed by atoms with Crippen molar-refractivity contribution in [1.82, 2.24) is 9.97 Å². The quantitative estimate of drug-likeness (QED) is 0.215. The Labute approximate surface area is 226 Å². The van der Waals surface area contributed by atoms with Crippen molar-refractivity contribution in [2.45, 2.75) is 19.8 Å². The molecular weight excluding hydrogens is 524 g/mol. The monoisotopic (exact) mass is 544 g/mol. The molecule has 10 heteroatoms. The van der Waals surface area contributed by atoms with Gasteiger partial charge in [-0.05, 0) is 29.2 Å². The van der Waals surface area contributed by atoms with E-state index in [1.807, 2.05) is 41.8 Å². The topological polar surface area (TPSA) is 131 Å². The molecule has 0 spiro atoms. The number of pyridine rings is 1. The Bertz CT molecular complexity index is 1680. The first kappa shape index (κ1) is 24.7. The maximum absolute atomic E-state index is 13.2. The number of nitriles is 1. The van der Waals surface area contributed by atoms with Gasteiger partial charge >= 0.3 is 0 Å². The van der Waals surface area contributed by atoms with Gasteiger partial charge in [-0.3, -0.25) is 10.1 Å². The summed E-state index contributed by atoms with van der Waals surface area (Å²) in [7, 11) is 0. The smallest absolute Gasteiger partial charge is 0.269 e. The standard InChI is InChI=1S/C27H21ClN6OS2/c1-13(2)14-3-5-16(6-4-14)20-18(11-29)24(31)33-26-21(20)22(30)23(37-26)25(35)34-27-32-19(12-36-27)15-7-9-17(28)10-8-15/h3-10,12-13H,30H2,1-2H3,(H2,31,33)(H,32,34,35). The second-order valence-corrected chi connectivity index (χ2v) is 11.0. The summed E-state index contributed by atoms with van der Waals surface area (Å²) in [6.07, 6.45) is 0. The second kappa shape index (κ2) is 9.82. The first-order chi connectivity index (χ1) is 17.8. The summed E-state index contributed by atoms with van der Waals surface area (Å²) in [4.78, 5) is 22.9. The van der Waals surface area contributed by atoms with Gasteiger partial charge in [-0.15, -0.1) is 22.7 Å². The van der Waals surface area contributed by atoms with Crippen LogP contribution in [0.15, 0.2) is 53.9 Å². The number of nitrogens with zero attached hydrogens (tertiary/aromatic N) is 3. The molecule has 3 heterocycles. The van der Waals surface area contributed by atoms with E-state index < -0.39 is 5.91 Å². The van der Waals surface area contributed by atoms with Gasteiger partial charge in [-0.1, -0.05) is 61.8 Å². The van der Waals surface area contributed by atoms with Gasteiger partial charge in [0.05, 0.1) is 11.4 Å². The predicted molar refractivity (Wildman–Crippen MR) is 153 cm³/mol. The molecule has 0 bridgehead atoms. The summed E-state index contributed by atoms with van der Waals surface area (Å²) >= 11 is 8.41.